The Hall–Kier alpha value is -2.08. The van der Waals surface area contributed by atoms with Crippen molar-refractivity contribution in [3.05, 3.63) is 53.6 Å². The molecule has 0 amide bonds. The largest absolute Gasteiger partial charge is 0.465 e. The predicted octanol–water partition coefficient (Wildman–Crippen LogP) is 3.48. The number of esters is 1. The van der Waals surface area contributed by atoms with Crippen LogP contribution in [0, 0.1) is 11.6 Å². The third kappa shape index (κ3) is 3.08. The summed E-state index contributed by atoms with van der Waals surface area (Å²) < 4.78 is 31.2. The van der Waals surface area contributed by atoms with E-state index in [0.717, 1.165) is 17.8 Å². The summed E-state index contributed by atoms with van der Waals surface area (Å²) >= 11 is 1.07. The molecule has 0 aliphatic rings. The third-order valence-electron chi connectivity index (χ3n) is 2.55. The smallest absolute Gasteiger partial charge is 0.339 e. The van der Waals surface area contributed by atoms with Gasteiger partial charge in [0.1, 0.15) is 11.6 Å². The maximum absolute atomic E-state index is 13.8. The fourth-order valence-electron chi connectivity index (χ4n) is 1.56. The van der Waals surface area contributed by atoms with Crippen molar-refractivity contribution < 1.29 is 18.3 Å². The highest BCUT2D eigenvalue weighted by Crippen LogP contribution is 2.32. The molecule has 0 fully saturated rings. The first-order valence-electron chi connectivity index (χ1n) is 5.62. The van der Waals surface area contributed by atoms with E-state index in [-0.39, 0.29) is 22.0 Å². The summed E-state index contributed by atoms with van der Waals surface area (Å²) in [6.07, 6.45) is 0. The molecule has 0 atom stereocenters. The number of carbonyl (C=O) groups excluding carboxylic acids is 1. The van der Waals surface area contributed by atoms with Crippen LogP contribution in [0.4, 0.5) is 14.5 Å². The van der Waals surface area contributed by atoms with Crippen molar-refractivity contribution in [1.82, 2.24) is 0 Å². The predicted molar refractivity (Wildman–Crippen MR) is 72.7 cm³/mol. The van der Waals surface area contributed by atoms with E-state index in [1.807, 2.05) is 0 Å². The standard InChI is InChI=1S/C14H11F2NO2S/c1-19-14(18)10-6-13(11(16)7-12(10)17)20-9-4-2-8(15)3-5-9/h2-7H,17H2,1H3. The van der Waals surface area contributed by atoms with Gasteiger partial charge in [-0.15, -0.1) is 0 Å². The fourth-order valence-corrected chi connectivity index (χ4v) is 2.42. The van der Waals surface area contributed by atoms with Crippen molar-refractivity contribution in [2.75, 3.05) is 12.8 Å². The summed E-state index contributed by atoms with van der Waals surface area (Å²) in [5.74, 6) is -1.56. The molecular weight excluding hydrogens is 284 g/mol. The van der Waals surface area contributed by atoms with Crippen molar-refractivity contribution in [2.45, 2.75) is 9.79 Å². The first kappa shape index (κ1) is 14.3. The zero-order valence-electron chi connectivity index (χ0n) is 10.5. The van der Waals surface area contributed by atoms with Crippen molar-refractivity contribution in [3.63, 3.8) is 0 Å². The molecule has 2 N–H and O–H groups in total. The summed E-state index contributed by atoms with van der Waals surface area (Å²) in [5.41, 5.74) is 5.69. The molecule has 6 heteroatoms. The molecule has 20 heavy (non-hydrogen) atoms. The molecule has 0 unspecified atom stereocenters. The lowest BCUT2D eigenvalue weighted by atomic mass is 10.2. The second kappa shape index (κ2) is 5.92. The van der Waals surface area contributed by atoms with E-state index >= 15 is 0 Å². The quantitative estimate of drug-likeness (QED) is 0.695. The van der Waals surface area contributed by atoms with Gasteiger partial charge in [0, 0.05) is 15.5 Å². The minimum absolute atomic E-state index is 0.0119. The van der Waals surface area contributed by atoms with Crippen LogP contribution in [0.1, 0.15) is 10.4 Å². The third-order valence-corrected chi connectivity index (χ3v) is 3.59. The molecule has 3 nitrogen and oxygen atoms in total. The number of methoxy groups -OCH3 is 1. The Morgan fingerprint density at radius 2 is 1.85 bits per heavy atom. The molecule has 104 valence electrons. The SMILES string of the molecule is COC(=O)c1cc(Sc2ccc(F)cc2)c(F)cc1N. The fraction of sp³-hybridized carbons (Fsp3) is 0.0714. The zero-order valence-corrected chi connectivity index (χ0v) is 11.3. The van der Waals surface area contributed by atoms with Crippen LogP contribution in [0.3, 0.4) is 0 Å². The van der Waals surface area contributed by atoms with Gasteiger partial charge in [-0.3, -0.25) is 0 Å². The van der Waals surface area contributed by atoms with Gasteiger partial charge in [0.25, 0.3) is 0 Å². The Morgan fingerprint density at radius 3 is 2.45 bits per heavy atom. The number of halogens is 2. The Balaban J connectivity index is 2.36. The molecule has 2 aromatic rings. The molecule has 0 saturated carbocycles. The van der Waals surface area contributed by atoms with E-state index in [0.29, 0.717) is 4.90 Å². The number of rotatable bonds is 3. The molecular formula is C14H11F2NO2S. The minimum atomic E-state index is -0.636. The monoisotopic (exact) mass is 295 g/mol. The van der Waals surface area contributed by atoms with Crippen LogP contribution in [0.2, 0.25) is 0 Å². The summed E-state index contributed by atoms with van der Waals surface area (Å²) in [7, 11) is 1.22. The Kier molecular flexibility index (Phi) is 4.24. The van der Waals surface area contributed by atoms with Gasteiger partial charge in [0.2, 0.25) is 0 Å². The van der Waals surface area contributed by atoms with E-state index in [9.17, 15) is 13.6 Å². The van der Waals surface area contributed by atoms with Crippen LogP contribution >= 0.6 is 11.8 Å². The van der Waals surface area contributed by atoms with Gasteiger partial charge in [-0.25, -0.2) is 13.6 Å². The topological polar surface area (TPSA) is 52.3 Å². The normalized spacial score (nSPS) is 10.3. The summed E-state index contributed by atoms with van der Waals surface area (Å²) in [5, 5.41) is 0. The zero-order chi connectivity index (χ0) is 14.7. The van der Waals surface area contributed by atoms with Gasteiger partial charge < -0.3 is 10.5 Å². The molecule has 0 aromatic heterocycles. The van der Waals surface area contributed by atoms with E-state index in [1.165, 1.54) is 37.4 Å². The van der Waals surface area contributed by atoms with E-state index in [4.69, 9.17) is 5.73 Å². The van der Waals surface area contributed by atoms with Crippen LogP contribution < -0.4 is 5.73 Å². The number of benzene rings is 2. The molecule has 2 aromatic carbocycles. The molecule has 2 rings (SSSR count). The van der Waals surface area contributed by atoms with Crippen molar-refractivity contribution >= 4 is 23.4 Å². The maximum atomic E-state index is 13.8. The Labute approximate surface area is 118 Å². The van der Waals surface area contributed by atoms with Crippen LogP contribution in [0.5, 0.6) is 0 Å². The summed E-state index contributed by atoms with van der Waals surface area (Å²) in [6, 6.07) is 7.99. The number of ether oxygens (including phenoxy) is 1. The van der Waals surface area contributed by atoms with Crippen LogP contribution in [-0.4, -0.2) is 13.1 Å². The van der Waals surface area contributed by atoms with Gasteiger partial charge >= 0.3 is 5.97 Å². The van der Waals surface area contributed by atoms with Crippen molar-refractivity contribution in [2.24, 2.45) is 0 Å². The van der Waals surface area contributed by atoms with Crippen LogP contribution in [0.15, 0.2) is 46.2 Å². The molecule has 0 radical (unpaired) electrons. The summed E-state index contributed by atoms with van der Waals surface area (Å²) in [6.45, 7) is 0. The van der Waals surface area contributed by atoms with Gasteiger partial charge in [0.15, 0.2) is 0 Å². The number of nitrogen functional groups attached to an aromatic ring is 1. The molecule has 0 heterocycles. The molecule has 0 spiro atoms. The van der Waals surface area contributed by atoms with Gasteiger partial charge in [-0.1, -0.05) is 11.8 Å². The average Bonchev–Trinajstić information content (AvgIpc) is 2.43. The van der Waals surface area contributed by atoms with Gasteiger partial charge in [-0.2, -0.15) is 0 Å². The van der Waals surface area contributed by atoms with Gasteiger partial charge in [-0.05, 0) is 36.4 Å². The number of hydrogen-bond donors (Lipinski definition) is 1. The van der Waals surface area contributed by atoms with Gasteiger partial charge in [0.05, 0.1) is 12.7 Å². The van der Waals surface area contributed by atoms with E-state index in [2.05, 4.69) is 4.74 Å². The molecule has 0 aliphatic heterocycles. The Bertz CT molecular complexity index is 644. The van der Waals surface area contributed by atoms with Crippen molar-refractivity contribution in [3.8, 4) is 0 Å². The second-order valence-corrected chi connectivity index (χ2v) is 5.03. The lowest BCUT2D eigenvalue weighted by Crippen LogP contribution is -2.06. The lowest BCUT2D eigenvalue weighted by molar-refractivity contribution is 0.0601. The number of carbonyl (C=O) groups is 1. The first-order valence-corrected chi connectivity index (χ1v) is 6.43. The molecule has 0 saturated heterocycles. The molecule has 0 aliphatic carbocycles. The van der Waals surface area contributed by atoms with E-state index in [1.54, 1.807) is 0 Å². The second-order valence-electron chi connectivity index (χ2n) is 3.92. The highest BCUT2D eigenvalue weighted by Gasteiger charge is 2.15. The summed E-state index contributed by atoms with van der Waals surface area (Å²) in [4.78, 5) is 12.4. The van der Waals surface area contributed by atoms with Crippen molar-refractivity contribution in [1.29, 1.82) is 0 Å². The minimum Gasteiger partial charge on any atom is -0.465 e. The number of nitrogens with two attached hydrogens (primary N) is 1. The first-order chi connectivity index (χ1) is 9.51. The maximum Gasteiger partial charge on any atom is 0.339 e. The van der Waals surface area contributed by atoms with Crippen LogP contribution in [-0.2, 0) is 4.74 Å². The lowest BCUT2D eigenvalue weighted by Gasteiger charge is -2.08. The Morgan fingerprint density at radius 1 is 1.20 bits per heavy atom. The highest BCUT2D eigenvalue weighted by atomic mass is 32.2. The number of anilines is 1. The average molecular weight is 295 g/mol. The number of hydrogen-bond acceptors (Lipinski definition) is 4. The molecule has 0 bridgehead atoms. The highest BCUT2D eigenvalue weighted by molar-refractivity contribution is 7.99. The van der Waals surface area contributed by atoms with E-state index < -0.39 is 11.8 Å². The van der Waals surface area contributed by atoms with Crippen LogP contribution in [0.25, 0.3) is 0 Å².